The summed E-state index contributed by atoms with van der Waals surface area (Å²) in [5.74, 6) is 1.57. The van der Waals surface area contributed by atoms with Crippen LogP contribution in [0.2, 0.25) is 10.0 Å². The van der Waals surface area contributed by atoms with E-state index in [2.05, 4.69) is 9.80 Å². The number of halogens is 2. The molecule has 0 radical (unpaired) electrons. The van der Waals surface area contributed by atoms with Crippen molar-refractivity contribution in [2.75, 3.05) is 45.2 Å². The first-order valence-corrected chi connectivity index (χ1v) is 13.9. The zero-order valence-corrected chi connectivity index (χ0v) is 22.7. The second-order valence-corrected chi connectivity index (χ2v) is 11.7. The van der Waals surface area contributed by atoms with Gasteiger partial charge < -0.3 is 14.7 Å². The Balaban J connectivity index is 1.14. The molecule has 0 atom stereocenters. The number of benzene rings is 2. The van der Waals surface area contributed by atoms with E-state index in [-0.39, 0.29) is 17.2 Å². The van der Waals surface area contributed by atoms with Crippen molar-refractivity contribution in [2.24, 2.45) is 11.8 Å². The third-order valence-corrected chi connectivity index (χ3v) is 9.18. The average Bonchev–Trinajstić information content (AvgIpc) is 3.70. The van der Waals surface area contributed by atoms with Gasteiger partial charge >= 0.3 is 0 Å². The van der Waals surface area contributed by atoms with E-state index in [0.717, 1.165) is 76.0 Å². The fraction of sp³-hybridized carbons (Fsp3) is 0.517. The Bertz CT molecular complexity index is 1130. The topological polar surface area (TPSA) is 43.9 Å². The average molecular weight is 529 g/mol. The number of carbonyl (C=O) groups excluding carboxylic acids is 2. The maximum absolute atomic E-state index is 13.5. The smallest absolute Gasteiger partial charge is 0.254 e. The Morgan fingerprint density at radius 1 is 0.861 bits per heavy atom. The van der Waals surface area contributed by atoms with E-state index in [1.54, 1.807) is 19.0 Å². The van der Waals surface area contributed by atoms with Crippen LogP contribution in [0.15, 0.2) is 42.5 Å². The quantitative estimate of drug-likeness (QED) is 0.487. The highest BCUT2D eigenvalue weighted by Gasteiger charge is 2.54. The Morgan fingerprint density at radius 3 is 2.03 bits per heavy atom. The summed E-state index contributed by atoms with van der Waals surface area (Å²) in [7, 11) is 3.47. The Morgan fingerprint density at radius 2 is 1.47 bits per heavy atom. The summed E-state index contributed by atoms with van der Waals surface area (Å²) in [6.45, 7) is 3.70. The number of anilines is 1. The van der Waals surface area contributed by atoms with Crippen molar-refractivity contribution in [3.8, 4) is 0 Å². The highest BCUT2D eigenvalue weighted by Crippen LogP contribution is 2.52. The van der Waals surface area contributed by atoms with E-state index >= 15 is 0 Å². The van der Waals surface area contributed by atoms with E-state index < -0.39 is 0 Å². The second kappa shape index (κ2) is 10.3. The Labute approximate surface area is 224 Å². The summed E-state index contributed by atoms with van der Waals surface area (Å²) in [4.78, 5) is 31.8. The minimum absolute atomic E-state index is 0.0745. The highest BCUT2D eigenvalue weighted by atomic mass is 35.5. The van der Waals surface area contributed by atoms with Crippen molar-refractivity contribution >= 4 is 40.7 Å². The fourth-order valence-corrected chi connectivity index (χ4v) is 6.77. The molecule has 2 aliphatic heterocycles. The van der Waals surface area contributed by atoms with Gasteiger partial charge in [-0.2, -0.15) is 0 Å². The first-order valence-electron chi connectivity index (χ1n) is 13.1. The van der Waals surface area contributed by atoms with Crippen LogP contribution in [-0.4, -0.2) is 61.9 Å². The lowest BCUT2D eigenvalue weighted by Crippen LogP contribution is -2.46. The van der Waals surface area contributed by atoms with E-state index in [9.17, 15) is 9.59 Å². The van der Waals surface area contributed by atoms with Gasteiger partial charge in [-0.25, -0.2) is 0 Å². The van der Waals surface area contributed by atoms with Crippen LogP contribution in [0.1, 0.15) is 54.4 Å². The molecule has 2 heterocycles. The minimum atomic E-state index is -0.384. The van der Waals surface area contributed by atoms with Gasteiger partial charge in [0, 0.05) is 51.0 Å². The third kappa shape index (κ3) is 4.84. The largest absolute Gasteiger partial charge is 0.371 e. The van der Waals surface area contributed by atoms with Crippen LogP contribution >= 0.6 is 23.2 Å². The van der Waals surface area contributed by atoms with Gasteiger partial charge in [0.15, 0.2) is 0 Å². The lowest BCUT2D eigenvalue weighted by Gasteiger charge is -2.41. The molecule has 3 fully saturated rings. The molecule has 2 saturated heterocycles. The van der Waals surface area contributed by atoms with Crippen LogP contribution in [0, 0.1) is 11.8 Å². The number of rotatable bonds is 5. The Hall–Kier alpha value is -2.24. The molecule has 0 N–H and O–H groups in total. The molecule has 5 rings (SSSR count). The van der Waals surface area contributed by atoms with Crippen LogP contribution in [0.3, 0.4) is 0 Å². The molecule has 3 aliphatic rings. The monoisotopic (exact) mass is 527 g/mol. The Kier molecular flexibility index (Phi) is 7.24. The number of hydrogen-bond acceptors (Lipinski definition) is 3. The maximum atomic E-state index is 13.5. The molecule has 2 aromatic carbocycles. The zero-order chi connectivity index (χ0) is 25.4. The molecule has 5 nitrogen and oxygen atoms in total. The molecule has 0 unspecified atom stereocenters. The van der Waals surface area contributed by atoms with Crippen LogP contribution in [-0.2, 0) is 10.2 Å². The van der Waals surface area contributed by atoms with Gasteiger partial charge in [0.25, 0.3) is 5.91 Å². The zero-order valence-electron chi connectivity index (χ0n) is 21.2. The van der Waals surface area contributed by atoms with Crippen molar-refractivity contribution in [1.82, 2.24) is 9.80 Å². The number of amides is 2. The number of carbonyl (C=O) groups is 2. The van der Waals surface area contributed by atoms with Crippen LogP contribution < -0.4 is 4.90 Å². The molecule has 2 aromatic rings. The number of piperidine rings is 2. The standard InChI is InChI=1S/C29H35Cl2N3O2/c1-32(2)27(35)23-8-7-22(19-26(23)31)33-15-9-20(10-16-33)21-11-17-34(18-12-21)28(36)29(13-14-29)24-5-3-4-6-25(24)30/h3-8,19-21H,9-18H2,1-2H3. The molecular formula is C29H35Cl2N3O2. The van der Waals surface area contributed by atoms with Crippen molar-refractivity contribution in [3.63, 3.8) is 0 Å². The van der Waals surface area contributed by atoms with Crippen LogP contribution in [0.5, 0.6) is 0 Å². The highest BCUT2D eigenvalue weighted by molar-refractivity contribution is 6.34. The van der Waals surface area contributed by atoms with Crippen molar-refractivity contribution < 1.29 is 9.59 Å². The summed E-state index contributed by atoms with van der Waals surface area (Å²) in [6, 6.07) is 13.6. The molecule has 2 amide bonds. The predicted octanol–water partition coefficient (Wildman–Crippen LogP) is 5.88. The van der Waals surface area contributed by atoms with Gasteiger partial charge in [-0.15, -0.1) is 0 Å². The normalized spacial score (nSPS) is 20.3. The summed E-state index contributed by atoms with van der Waals surface area (Å²) in [5, 5.41) is 1.22. The van der Waals surface area contributed by atoms with E-state index in [1.807, 2.05) is 42.5 Å². The van der Waals surface area contributed by atoms with Gasteiger partial charge in [-0.3, -0.25) is 9.59 Å². The van der Waals surface area contributed by atoms with Crippen molar-refractivity contribution in [2.45, 2.75) is 43.9 Å². The predicted molar refractivity (Wildman–Crippen MR) is 146 cm³/mol. The maximum Gasteiger partial charge on any atom is 0.254 e. The van der Waals surface area contributed by atoms with Gasteiger partial charge in [-0.05, 0) is 80.2 Å². The van der Waals surface area contributed by atoms with Gasteiger partial charge in [0.1, 0.15) is 0 Å². The number of nitrogens with zero attached hydrogens (tertiary/aromatic N) is 3. The number of likely N-dealkylation sites (tertiary alicyclic amines) is 1. The van der Waals surface area contributed by atoms with E-state index in [1.165, 1.54) is 0 Å². The van der Waals surface area contributed by atoms with Crippen molar-refractivity contribution in [3.05, 3.63) is 63.6 Å². The number of hydrogen-bond donors (Lipinski definition) is 0. The van der Waals surface area contributed by atoms with Gasteiger partial charge in [0.2, 0.25) is 5.91 Å². The molecule has 192 valence electrons. The molecule has 36 heavy (non-hydrogen) atoms. The summed E-state index contributed by atoms with van der Waals surface area (Å²) in [5.41, 5.74) is 2.25. The summed E-state index contributed by atoms with van der Waals surface area (Å²) in [6.07, 6.45) is 6.28. The summed E-state index contributed by atoms with van der Waals surface area (Å²) < 4.78 is 0. The molecular weight excluding hydrogens is 493 g/mol. The third-order valence-electron chi connectivity index (χ3n) is 8.54. The first-order chi connectivity index (χ1) is 17.3. The van der Waals surface area contributed by atoms with Gasteiger partial charge in [0.05, 0.1) is 16.0 Å². The first kappa shape index (κ1) is 25.4. The fourth-order valence-electron chi connectivity index (χ4n) is 6.19. The molecule has 1 saturated carbocycles. The van der Waals surface area contributed by atoms with E-state index in [0.29, 0.717) is 27.4 Å². The molecule has 0 aromatic heterocycles. The SMILES string of the molecule is CN(C)C(=O)c1ccc(N2CCC(C3CCN(C(=O)C4(c5ccccc5Cl)CC4)CC3)CC2)cc1Cl. The molecule has 7 heteroatoms. The van der Waals surface area contributed by atoms with Crippen LogP contribution in [0.25, 0.3) is 0 Å². The van der Waals surface area contributed by atoms with E-state index in [4.69, 9.17) is 23.2 Å². The van der Waals surface area contributed by atoms with Crippen molar-refractivity contribution in [1.29, 1.82) is 0 Å². The molecule has 0 bridgehead atoms. The summed E-state index contributed by atoms with van der Waals surface area (Å²) >= 11 is 12.9. The minimum Gasteiger partial charge on any atom is -0.371 e. The lowest BCUT2D eigenvalue weighted by atomic mass is 9.78. The van der Waals surface area contributed by atoms with Crippen LogP contribution in [0.4, 0.5) is 5.69 Å². The molecule has 1 aliphatic carbocycles. The lowest BCUT2D eigenvalue weighted by molar-refractivity contribution is -0.135. The molecule has 0 spiro atoms. The second-order valence-electron chi connectivity index (χ2n) is 10.9. The van der Waals surface area contributed by atoms with Gasteiger partial charge in [-0.1, -0.05) is 41.4 Å².